The first-order valence-corrected chi connectivity index (χ1v) is 4.01. The van der Waals surface area contributed by atoms with Crippen LogP contribution >= 0.6 is 0 Å². The van der Waals surface area contributed by atoms with Crippen molar-refractivity contribution in [3.05, 3.63) is 0 Å². The Bertz CT molecular complexity index is 222. The Morgan fingerprint density at radius 3 is 1.27 bits per heavy atom. The first-order chi connectivity index (χ1) is 4.64. The molecule has 0 aromatic carbocycles. The zero-order chi connectivity index (χ0) is 9.65. The lowest BCUT2D eigenvalue weighted by atomic mass is 10.6. The summed E-state index contributed by atoms with van der Waals surface area (Å²) in [6, 6.07) is 0. The molecule has 0 unspecified atom stereocenters. The molecule has 0 saturated heterocycles. The minimum Gasteiger partial charge on any atom is -0.361 e. The molecule has 0 atom stereocenters. The Morgan fingerprint density at radius 2 is 1.27 bits per heavy atom. The largest absolute Gasteiger partial charge is 0.361 e. The topological polar surface area (TPSA) is 141 Å². The van der Waals surface area contributed by atoms with Gasteiger partial charge in [0.1, 0.15) is 0 Å². The summed E-state index contributed by atoms with van der Waals surface area (Å²) in [7, 11) is -3.67. The van der Waals surface area contributed by atoms with E-state index < -0.39 is 21.9 Å². The van der Waals surface area contributed by atoms with Gasteiger partial charge in [-0.25, -0.2) is 0 Å². The van der Waals surface area contributed by atoms with Gasteiger partial charge in [-0.3, -0.25) is 14.1 Å². The van der Waals surface area contributed by atoms with Crippen LogP contribution in [0.5, 0.6) is 0 Å². The number of rotatable bonds is 0. The number of primary amides is 2. The highest BCUT2D eigenvalue weighted by atomic mass is 32.2. The van der Waals surface area contributed by atoms with Crippen molar-refractivity contribution in [3.63, 3.8) is 0 Å². The van der Waals surface area contributed by atoms with Crippen molar-refractivity contribution in [2.45, 2.75) is 0 Å². The van der Waals surface area contributed by atoms with Gasteiger partial charge in [0.2, 0.25) is 0 Å². The standard InChI is InChI=1S/C2H4N2O2.CH4O3S/c3-1(5)2(4)6;1-5(2,3)4/h(H2,3,5)(H2,4,6);1H3,(H,2,3,4). The fraction of sp³-hybridized carbons (Fsp3) is 0.333. The van der Waals surface area contributed by atoms with E-state index in [-0.39, 0.29) is 0 Å². The third-order valence-corrected chi connectivity index (χ3v) is 0.243. The smallest absolute Gasteiger partial charge is 0.306 e. The van der Waals surface area contributed by atoms with E-state index in [0.29, 0.717) is 6.26 Å². The van der Waals surface area contributed by atoms with Gasteiger partial charge in [0.15, 0.2) is 0 Å². The highest BCUT2D eigenvalue weighted by Crippen LogP contribution is 1.60. The van der Waals surface area contributed by atoms with Gasteiger partial charge in [0.05, 0.1) is 6.26 Å². The number of amides is 2. The van der Waals surface area contributed by atoms with Crippen LogP contribution in [0.2, 0.25) is 0 Å². The molecule has 0 saturated carbocycles. The average Bonchev–Trinajstić information content (AvgIpc) is 1.59. The SMILES string of the molecule is CS(=O)(=O)O.NC(=O)C(N)=O. The molecular weight excluding hydrogens is 176 g/mol. The van der Waals surface area contributed by atoms with Gasteiger partial charge in [-0.1, -0.05) is 0 Å². The molecule has 0 aromatic rings. The molecule has 7 nitrogen and oxygen atoms in total. The molecule has 0 heterocycles. The van der Waals surface area contributed by atoms with Crippen molar-refractivity contribution in [1.82, 2.24) is 0 Å². The van der Waals surface area contributed by atoms with Crippen LogP contribution in [-0.2, 0) is 19.7 Å². The summed E-state index contributed by atoms with van der Waals surface area (Å²) in [5.74, 6) is -2.20. The van der Waals surface area contributed by atoms with Crippen LogP contribution in [-0.4, -0.2) is 31.0 Å². The van der Waals surface area contributed by atoms with Gasteiger partial charge in [0, 0.05) is 0 Å². The van der Waals surface area contributed by atoms with E-state index in [0.717, 1.165) is 0 Å². The predicted molar refractivity (Wildman–Crippen MR) is 35.9 cm³/mol. The average molecular weight is 184 g/mol. The Labute approximate surface area is 63.1 Å². The summed E-state index contributed by atoms with van der Waals surface area (Å²) in [6.45, 7) is 0. The molecule has 0 bridgehead atoms. The molecule has 11 heavy (non-hydrogen) atoms. The molecule has 66 valence electrons. The fourth-order valence-corrected chi connectivity index (χ4v) is 0. The maximum Gasteiger partial charge on any atom is 0.306 e. The second-order valence-corrected chi connectivity index (χ2v) is 2.93. The molecule has 8 heteroatoms. The van der Waals surface area contributed by atoms with E-state index in [1.54, 1.807) is 0 Å². The normalized spacial score (nSPS) is 9.27. The van der Waals surface area contributed by atoms with Crippen molar-refractivity contribution in [1.29, 1.82) is 0 Å². The summed E-state index contributed by atoms with van der Waals surface area (Å²) < 4.78 is 25.9. The van der Waals surface area contributed by atoms with Crippen molar-refractivity contribution in [2.24, 2.45) is 11.5 Å². The molecule has 0 radical (unpaired) electrons. The Morgan fingerprint density at radius 1 is 1.18 bits per heavy atom. The lowest BCUT2D eigenvalue weighted by Gasteiger charge is -1.75. The van der Waals surface area contributed by atoms with Crippen molar-refractivity contribution >= 4 is 21.9 Å². The summed E-state index contributed by atoms with van der Waals surface area (Å²) in [5, 5.41) is 0. The lowest BCUT2D eigenvalue weighted by molar-refractivity contribution is -0.135. The van der Waals surface area contributed by atoms with Gasteiger partial charge in [0.25, 0.3) is 10.1 Å². The third-order valence-electron chi connectivity index (χ3n) is 0.243. The van der Waals surface area contributed by atoms with E-state index in [9.17, 15) is 18.0 Å². The minimum atomic E-state index is -3.67. The van der Waals surface area contributed by atoms with Gasteiger partial charge < -0.3 is 11.5 Å². The fourth-order valence-electron chi connectivity index (χ4n) is 0. The molecule has 5 N–H and O–H groups in total. The number of hydrogen-bond donors (Lipinski definition) is 3. The zero-order valence-electron chi connectivity index (χ0n) is 5.64. The van der Waals surface area contributed by atoms with Crippen LogP contribution in [0.4, 0.5) is 0 Å². The molecule has 0 aromatic heterocycles. The van der Waals surface area contributed by atoms with Crippen molar-refractivity contribution < 1.29 is 22.6 Å². The van der Waals surface area contributed by atoms with Crippen LogP contribution in [0, 0.1) is 0 Å². The number of carbonyl (C=O) groups is 2. The Kier molecular flexibility index (Phi) is 5.27. The van der Waals surface area contributed by atoms with Crippen LogP contribution in [0.25, 0.3) is 0 Å². The van der Waals surface area contributed by atoms with E-state index in [4.69, 9.17) is 4.55 Å². The van der Waals surface area contributed by atoms with Gasteiger partial charge in [-0.2, -0.15) is 8.42 Å². The Hall–Kier alpha value is -1.15. The number of hydrogen-bond acceptors (Lipinski definition) is 4. The van der Waals surface area contributed by atoms with Gasteiger partial charge in [-0.15, -0.1) is 0 Å². The van der Waals surface area contributed by atoms with E-state index in [1.165, 1.54) is 0 Å². The molecule has 0 rings (SSSR count). The van der Waals surface area contributed by atoms with E-state index in [2.05, 4.69) is 11.5 Å². The highest BCUT2D eigenvalue weighted by Gasteiger charge is 1.96. The maximum atomic E-state index is 9.45. The van der Waals surface area contributed by atoms with Gasteiger partial charge >= 0.3 is 11.8 Å². The van der Waals surface area contributed by atoms with Crippen molar-refractivity contribution in [2.75, 3.05) is 6.26 Å². The monoisotopic (exact) mass is 184 g/mol. The van der Waals surface area contributed by atoms with Gasteiger partial charge in [-0.05, 0) is 0 Å². The summed E-state index contributed by atoms with van der Waals surface area (Å²) in [5.41, 5.74) is 8.64. The molecule has 0 aliphatic carbocycles. The minimum absolute atomic E-state index is 0.715. The molecule has 2 amide bonds. The van der Waals surface area contributed by atoms with Crippen LogP contribution in [0.1, 0.15) is 0 Å². The molecular formula is C3H8N2O5S. The van der Waals surface area contributed by atoms with E-state index >= 15 is 0 Å². The number of carbonyl (C=O) groups excluding carboxylic acids is 2. The number of nitrogens with two attached hydrogens (primary N) is 2. The third kappa shape index (κ3) is 51.1. The summed E-state index contributed by atoms with van der Waals surface area (Å²) >= 11 is 0. The Balaban J connectivity index is 0. The first kappa shape index (κ1) is 12.5. The second-order valence-electron chi connectivity index (χ2n) is 1.46. The van der Waals surface area contributed by atoms with E-state index in [1.807, 2.05) is 0 Å². The van der Waals surface area contributed by atoms with Crippen LogP contribution in [0.3, 0.4) is 0 Å². The first-order valence-electron chi connectivity index (χ1n) is 2.16. The second kappa shape index (κ2) is 4.63. The van der Waals surface area contributed by atoms with Crippen LogP contribution in [0.15, 0.2) is 0 Å². The van der Waals surface area contributed by atoms with Crippen molar-refractivity contribution in [3.8, 4) is 0 Å². The highest BCUT2D eigenvalue weighted by molar-refractivity contribution is 7.85. The summed E-state index contributed by atoms with van der Waals surface area (Å²) in [6.07, 6.45) is 0.715. The van der Waals surface area contributed by atoms with Crippen LogP contribution < -0.4 is 11.5 Å². The maximum absolute atomic E-state index is 9.45. The zero-order valence-corrected chi connectivity index (χ0v) is 6.46. The molecule has 0 aliphatic rings. The lowest BCUT2D eigenvalue weighted by Crippen LogP contribution is -2.29. The quantitative estimate of drug-likeness (QED) is 0.281. The predicted octanol–water partition coefficient (Wildman–Crippen LogP) is -2.54. The summed E-state index contributed by atoms with van der Waals surface area (Å²) in [4.78, 5) is 18.9. The molecule has 0 aliphatic heterocycles. The molecule has 0 spiro atoms. The molecule has 0 fully saturated rings.